The normalized spacial score (nSPS) is 13.9. The van der Waals surface area contributed by atoms with E-state index in [0.29, 0.717) is 0 Å². The van der Waals surface area contributed by atoms with Crippen LogP contribution in [0.1, 0.15) is 49.9 Å². The molecule has 0 unspecified atom stereocenters. The Balaban J connectivity index is 0.930. The maximum absolute atomic E-state index is 6.38. The summed E-state index contributed by atoms with van der Waals surface area (Å²) in [5.41, 5.74) is 17.1. The van der Waals surface area contributed by atoms with E-state index in [2.05, 4.69) is 233 Å². The van der Waals surface area contributed by atoms with Gasteiger partial charge in [-0.3, -0.25) is 0 Å². The monoisotopic (exact) mass is 813 g/mol. The molecular formula is C60H47NO2. The van der Waals surface area contributed by atoms with Crippen molar-refractivity contribution < 1.29 is 9.47 Å². The summed E-state index contributed by atoms with van der Waals surface area (Å²) < 4.78 is 12.8. The van der Waals surface area contributed by atoms with Crippen LogP contribution >= 0.6 is 0 Å². The molecule has 0 saturated heterocycles. The predicted octanol–water partition coefficient (Wildman–Crippen LogP) is 16.7. The molecule has 0 N–H and O–H groups in total. The van der Waals surface area contributed by atoms with Crippen molar-refractivity contribution in [1.82, 2.24) is 0 Å². The molecule has 0 amide bonds. The van der Waals surface area contributed by atoms with Crippen LogP contribution in [0.3, 0.4) is 0 Å². The zero-order chi connectivity index (χ0) is 42.7. The second-order valence-corrected chi connectivity index (χ2v) is 17.8. The molecule has 0 atom stereocenters. The van der Waals surface area contributed by atoms with Gasteiger partial charge in [-0.1, -0.05) is 167 Å². The molecule has 3 nitrogen and oxygen atoms in total. The number of hydrogen-bond acceptors (Lipinski definition) is 3. The Morgan fingerprint density at radius 3 is 0.952 bits per heavy atom. The van der Waals surface area contributed by atoms with Gasteiger partial charge in [-0.2, -0.15) is 0 Å². The van der Waals surface area contributed by atoms with Crippen LogP contribution < -0.4 is 14.4 Å². The minimum Gasteiger partial charge on any atom is -0.457 e. The first kappa shape index (κ1) is 38.3. The second kappa shape index (κ2) is 15.1. The lowest BCUT2D eigenvalue weighted by Gasteiger charge is -2.34. The van der Waals surface area contributed by atoms with Crippen molar-refractivity contribution in [2.75, 3.05) is 4.90 Å². The molecule has 2 heterocycles. The summed E-state index contributed by atoms with van der Waals surface area (Å²) in [6, 6.07) is 76.1. The van der Waals surface area contributed by atoms with Gasteiger partial charge in [0, 0.05) is 50.1 Å². The maximum Gasteiger partial charge on any atom is 0.131 e. The number of nitrogens with zero attached hydrogens (tertiary/aromatic N) is 1. The molecule has 0 aromatic heterocycles. The molecule has 0 saturated carbocycles. The average molecular weight is 814 g/mol. The van der Waals surface area contributed by atoms with Crippen LogP contribution in [-0.2, 0) is 10.8 Å². The third kappa shape index (κ3) is 6.78. The molecule has 9 aromatic carbocycles. The van der Waals surface area contributed by atoms with Crippen molar-refractivity contribution in [3.8, 4) is 67.5 Å². The van der Waals surface area contributed by atoms with Gasteiger partial charge in [0.1, 0.15) is 23.0 Å². The average Bonchev–Trinajstić information content (AvgIpc) is 3.33. The lowest BCUT2D eigenvalue weighted by Crippen LogP contribution is -2.24. The summed E-state index contributed by atoms with van der Waals surface area (Å²) in [6.45, 7) is 9.14. The highest BCUT2D eigenvalue weighted by atomic mass is 16.5. The first-order chi connectivity index (χ1) is 30.7. The highest BCUT2D eigenvalue weighted by Crippen LogP contribution is 2.50. The van der Waals surface area contributed by atoms with E-state index in [-0.39, 0.29) is 10.8 Å². The molecule has 63 heavy (non-hydrogen) atoms. The maximum atomic E-state index is 6.38. The SMILES string of the molecule is CC1(C)c2ccccc2Oc2ccc(-c3ccc(N(c4ccc(-c5ccc(-c6ccccc6)cc5)cc4)c4ccc(-c5ccc6c(c5)C(C)(C)c5ccccc5O6)cc4)cc3)cc21. The van der Waals surface area contributed by atoms with E-state index in [1.165, 1.54) is 44.5 Å². The van der Waals surface area contributed by atoms with E-state index in [4.69, 9.17) is 9.47 Å². The number of anilines is 3. The predicted molar refractivity (Wildman–Crippen MR) is 260 cm³/mol. The molecule has 2 aliphatic rings. The van der Waals surface area contributed by atoms with Crippen molar-refractivity contribution in [2.24, 2.45) is 0 Å². The van der Waals surface area contributed by atoms with Crippen molar-refractivity contribution in [3.05, 3.63) is 235 Å². The number of para-hydroxylation sites is 2. The number of ether oxygens (including phenoxy) is 2. The van der Waals surface area contributed by atoms with E-state index in [1.54, 1.807) is 0 Å². The van der Waals surface area contributed by atoms with Gasteiger partial charge in [0.2, 0.25) is 0 Å². The van der Waals surface area contributed by atoms with E-state index in [1.807, 2.05) is 12.1 Å². The van der Waals surface area contributed by atoms with Crippen molar-refractivity contribution in [2.45, 2.75) is 38.5 Å². The van der Waals surface area contributed by atoms with Crippen LogP contribution in [0, 0.1) is 0 Å². The zero-order valence-corrected chi connectivity index (χ0v) is 36.0. The molecule has 0 radical (unpaired) electrons. The summed E-state index contributed by atoms with van der Waals surface area (Å²) >= 11 is 0. The number of benzene rings is 9. The van der Waals surface area contributed by atoms with Crippen LogP contribution in [-0.4, -0.2) is 0 Å². The van der Waals surface area contributed by atoms with E-state index < -0.39 is 0 Å². The fourth-order valence-corrected chi connectivity index (χ4v) is 9.59. The van der Waals surface area contributed by atoms with Gasteiger partial charge in [0.05, 0.1) is 0 Å². The fourth-order valence-electron chi connectivity index (χ4n) is 9.59. The number of rotatable bonds is 7. The van der Waals surface area contributed by atoms with Crippen LogP contribution in [0.15, 0.2) is 212 Å². The standard InChI is InChI=1S/C60H47NO2/c1-59(2)51-14-8-10-16-55(51)62-57-36-28-46(38-53(57)59)44-24-32-49(33-25-44)61(48-30-22-43(23-31-48)42-20-18-41(19-21-42)40-12-6-5-7-13-40)50-34-26-45(27-35-50)47-29-37-58-54(39-47)60(3,4)52-15-9-11-17-56(52)63-58/h5-39H,1-4H3. The van der Waals surface area contributed by atoms with Crippen LogP contribution in [0.2, 0.25) is 0 Å². The Morgan fingerprint density at radius 1 is 0.270 bits per heavy atom. The molecule has 3 heteroatoms. The van der Waals surface area contributed by atoms with Crippen molar-refractivity contribution in [1.29, 1.82) is 0 Å². The molecule has 0 bridgehead atoms. The van der Waals surface area contributed by atoms with Gasteiger partial charge >= 0.3 is 0 Å². The van der Waals surface area contributed by atoms with E-state index >= 15 is 0 Å². The summed E-state index contributed by atoms with van der Waals surface area (Å²) in [5, 5.41) is 0. The Morgan fingerprint density at radius 2 is 0.556 bits per heavy atom. The third-order valence-corrected chi connectivity index (χ3v) is 13.2. The molecule has 11 rings (SSSR count). The zero-order valence-electron chi connectivity index (χ0n) is 36.0. The van der Waals surface area contributed by atoms with Gasteiger partial charge in [-0.15, -0.1) is 0 Å². The summed E-state index contributed by atoms with van der Waals surface area (Å²) in [5.74, 6) is 3.70. The Kier molecular flexibility index (Phi) is 9.17. The van der Waals surface area contributed by atoms with Crippen LogP contribution in [0.4, 0.5) is 17.1 Å². The number of fused-ring (bicyclic) bond motifs is 4. The highest BCUT2D eigenvalue weighted by Gasteiger charge is 2.35. The molecule has 9 aromatic rings. The smallest absolute Gasteiger partial charge is 0.131 e. The van der Waals surface area contributed by atoms with Gasteiger partial charge < -0.3 is 14.4 Å². The third-order valence-electron chi connectivity index (χ3n) is 13.2. The van der Waals surface area contributed by atoms with Crippen molar-refractivity contribution >= 4 is 17.1 Å². The molecule has 0 fully saturated rings. The molecule has 0 aliphatic carbocycles. The minimum atomic E-state index is -0.187. The molecule has 2 aliphatic heterocycles. The first-order valence-corrected chi connectivity index (χ1v) is 21.8. The molecule has 304 valence electrons. The van der Waals surface area contributed by atoms with Crippen LogP contribution in [0.5, 0.6) is 23.0 Å². The molecule has 0 spiro atoms. The van der Waals surface area contributed by atoms with Crippen molar-refractivity contribution in [3.63, 3.8) is 0 Å². The lowest BCUT2D eigenvalue weighted by molar-refractivity contribution is 0.418. The second-order valence-electron chi connectivity index (χ2n) is 17.8. The Bertz CT molecular complexity index is 2980. The van der Waals surface area contributed by atoms with Crippen LogP contribution in [0.25, 0.3) is 44.5 Å². The van der Waals surface area contributed by atoms with Gasteiger partial charge in [0.15, 0.2) is 0 Å². The van der Waals surface area contributed by atoms with Gasteiger partial charge in [0.25, 0.3) is 0 Å². The number of hydrogen-bond donors (Lipinski definition) is 0. The van der Waals surface area contributed by atoms with E-state index in [9.17, 15) is 0 Å². The largest absolute Gasteiger partial charge is 0.457 e. The lowest BCUT2D eigenvalue weighted by atomic mass is 9.75. The quantitative estimate of drug-likeness (QED) is 0.160. The van der Waals surface area contributed by atoms with Gasteiger partial charge in [-0.05, 0) is 117 Å². The first-order valence-electron chi connectivity index (χ1n) is 21.8. The van der Waals surface area contributed by atoms with Gasteiger partial charge in [-0.25, -0.2) is 0 Å². The molecular weight excluding hydrogens is 767 g/mol. The summed E-state index contributed by atoms with van der Waals surface area (Å²) in [6.07, 6.45) is 0. The highest BCUT2D eigenvalue weighted by molar-refractivity contribution is 5.82. The summed E-state index contributed by atoms with van der Waals surface area (Å²) in [4.78, 5) is 2.34. The summed E-state index contributed by atoms with van der Waals surface area (Å²) in [7, 11) is 0. The van der Waals surface area contributed by atoms with E-state index in [0.717, 1.165) is 62.3 Å². The fraction of sp³-hybridized carbons (Fsp3) is 0.100. The Labute approximate surface area is 370 Å². The topological polar surface area (TPSA) is 21.7 Å². The Hall–Kier alpha value is -7.62. The minimum absolute atomic E-state index is 0.187.